The number of thiocyanates is 2. The van der Waals surface area contributed by atoms with Crippen molar-refractivity contribution in [2.75, 3.05) is 0 Å². The lowest BCUT2D eigenvalue weighted by molar-refractivity contribution is 1.57. The molecule has 0 radical (unpaired) electrons. The Hall–Kier alpha value is -0.580. The highest BCUT2D eigenvalue weighted by atomic mass is 32.2. The molecule has 0 N–H and O–H groups in total. The highest BCUT2D eigenvalue weighted by Crippen LogP contribution is 2.04. The Kier molecular flexibility index (Phi) is 5.95. The van der Waals surface area contributed by atoms with E-state index in [2.05, 4.69) is 0 Å². The quantitative estimate of drug-likeness (QED) is 0.552. The molecule has 0 aliphatic rings. The molecule has 0 unspecified atom stereocenters. The van der Waals surface area contributed by atoms with Crippen LogP contribution < -0.4 is 0 Å². The van der Waals surface area contributed by atoms with Gasteiger partial charge in [0.15, 0.2) is 0 Å². The van der Waals surface area contributed by atoms with Gasteiger partial charge in [-0.2, -0.15) is 10.5 Å². The summed E-state index contributed by atoms with van der Waals surface area (Å²) in [6.07, 6.45) is 0. The van der Waals surface area contributed by atoms with Crippen molar-refractivity contribution in [2.45, 2.75) is 0 Å². The van der Waals surface area contributed by atoms with Crippen molar-refractivity contribution < 1.29 is 0 Å². The fraction of sp³-hybridized carbons (Fsp3) is 0. The Bertz CT molecular complexity index is 132. The fourth-order valence-electron chi connectivity index (χ4n) is 0.116. The van der Waals surface area contributed by atoms with Gasteiger partial charge in [0, 0.05) is 0 Å². The molecule has 4 heteroatoms. The van der Waals surface area contributed by atoms with E-state index in [0.717, 1.165) is 23.5 Å². The van der Waals surface area contributed by atoms with Crippen LogP contribution in [0.5, 0.6) is 0 Å². The van der Waals surface area contributed by atoms with Crippen molar-refractivity contribution in [2.24, 2.45) is 0 Å². The van der Waals surface area contributed by atoms with Crippen LogP contribution in [0.4, 0.5) is 0 Å². The Morgan fingerprint density at radius 1 is 1.00 bits per heavy atom. The molecule has 8 heavy (non-hydrogen) atoms. The van der Waals surface area contributed by atoms with Gasteiger partial charge in [0.2, 0.25) is 0 Å². The zero-order chi connectivity index (χ0) is 6.24. The third-order valence-electron chi connectivity index (χ3n) is 0.297. The van der Waals surface area contributed by atoms with Gasteiger partial charge < -0.3 is 0 Å². The van der Waals surface area contributed by atoms with E-state index in [-0.39, 0.29) is 0 Å². The summed E-state index contributed by atoms with van der Waals surface area (Å²) in [6, 6.07) is 0. The van der Waals surface area contributed by atoms with E-state index in [1.165, 1.54) is 0 Å². The maximum atomic E-state index is 7.94. The largest absolute Gasteiger partial charge is 0.185 e. The fourth-order valence-corrected chi connectivity index (χ4v) is 0.683. The Labute approximate surface area is 56.2 Å². The van der Waals surface area contributed by atoms with Crippen molar-refractivity contribution in [3.63, 3.8) is 0 Å². The Morgan fingerprint density at radius 3 is 1.62 bits per heavy atom. The summed E-state index contributed by atoms with van der Waals surface area (Å²) in [5.74, 6) is 0. The second-order valence-corrected chi connectivity index (χ2v) is 2.07. The molecular formula is C4H2N2S2. The van der Waals surface area contributed by atoms with Gasteiger partial charge in [0.1, 0.15) is 10.8 Å². The van der Waals surface area contributed by atoms with Crippen molar-refractivity contribution in [1.29, 1.82) is 10.5 Å². The lowest BCUT2D eigenvalue weighted by Gasteiger charge is -1.68. The van der Waals surface area contributed by atoms with Crippen molar-refractivity contribution in [1.82, 2.24) is 0 Å². The first-order chi connectivity index (χ1) is 3.91. The summed E-state index contributed by atoms with van der Waals surface area (Å²) in [4.78, 5) is 0. The molecule has 0 aliphatic heterocycles. The normalized spacial score (nSPS) is 8.25. The molecule has 0 saturated heterocycles. The summed E-state index contributed by atoms with van der Waals surface area (Å²) >= 11 is 2.00. The average molecular weight is 142 g/mol. The van der Waals surface area contributed by atoms with Crippen LogP contribution >= 0.6 is 23.5 Å². The first kappa shape index (κ1) is 7.42. The number of hydrogen-bond acceptors (Lipinski definition) is 4. The molecule has 0 fully saturated rings. The summed E-state index contributed by atoms with van der Waals surface area (Å²) < 4.78 is 0. The predicted molar refractivity (Wildman–Crippen MR) is 35.5 cm³/mol. The molecule has 0 aromatic heterocycles. The molecule has 0 aromatic carbocycles. The van der Waals surface area contributed by atoms with Gasteiger partial charge in [-0.05, 0) is 34.3 Å². The van der Waals surface area contributed by atoms with Gasteiger partial charge in [0.05, 0.1) is 0 Å². The van der Waals surface area contributed by atoms with Gasteiger partial charge in [-0.3, -0.25) is 0 Å². The highest BCUT2D eigenvalue weighted by molar-refractivity contribution is 8.09. The highest BCUT2D eigenvalue weighted by Gasteiger charge is 1.71. The third kappa shape index (κ3) is 5.42. The van der Waals surface area contributed by atoms with E-state index in [9.17, 15) is 0 Å². The predicted octanol–water partition coefficient (Wildman–Crippen LogP) is 1.89. The van der Waals surface area contributed by atoms with Gasteiger partial charge in [0.25, 0.3) is 0 Å². The Balaban J connectivity index is 3.14. The minimum absolute atomic E-state index is 1.00. The zero-order valence-electron chi connectivity index (χ0n) is 3.87. The number of nitriles is 2. The molecule has 0 bridgehead atoms. The topological polar surface area (TPSA) is 47.6 Å². The minimum atomic E-state index is 1.00. The maximum absolute atomic E-state index is 7.94. The number of nitrogens with zero attached hydrogens (tertiary/aromatic N) is 2. The zero-order valence-corrected chi connectivity index (χ0v) is 5.50. The minimum Gasteiger partial charge on any atom is -0.185 e. The second-order valence-electron chi connectivity index (χ2n) is 0.690. The van der Waals surface area contributed by atoms with Crippen LogP contribution in [0.15, 0.2) is 10.8 Å². The van der Waals surface area contributed by atoms with Crippen molar-refractivity contribution in [3.8, 4) is 10.8 Å². The summed E-state index contributed by atoms with van der Waals surface area (Å²) in [7, 11) is 0. The third-order valence-corrected chi connectivity index (χ3v) is 1.22. The van der Waals surface area contributed by atoms with Crippen LogP contribution in [0, 0.1) is 21.3 Å². The SMILES string of the molecule is N#CS/C=C\SC#N. The average Bonchev–Trinajstić information content (AvgIpc) is 1.81. The van der Waals surface area contributed by atoms with E-state index in [1.54, 1.807) is 10.8 Å². The molecule has 0 rings (SSSR count). The first-order valence-electron chi connectivity index (χ1n) is 1.66. The standard InChI is InChI=1S/C4H2N2S2/c5-3-7-1-2-8-4-6/h1-2H/b2-1-. The molecular weight excluding hydrogens is 140 g/mol. The van der Waals surface area contributed by atoms with Crippen molar-refractivity contribution >= 4 is 23.5 Å². The number of thioether (sulfide) groups is 2. The second kappa shape index (κ2) is 6.42. The molecule has 0 aliphatic carbocycles. The Morgan fingerprint density at radius 2 is 1.38 bits per heavy atom. The summed E-state index contributed by atoms with van der Waals surface area (Å²) in [5, 5.41) is 22.7. The number of hydrogen-bond donors (Lipinski definition) is 0. The number of rotatable bonds is 2. The van der Waals surface area contributed by atoms with Crippen LogP contribution in [-0.2, 0) is 0 Å². The van der Waals surface area contributed by atoms with E-state index < -0.39 is 0 Å². The molecule has 40 valence electrons. The molecule has 0 atom stereocenters. The van der Waals surface area contributed by atoms with Gasteiger partial charge in [-0.25, -0.2) is 0 Å². The van der Waals surface area contributed by atoms with E-state index in [0.29, 0.717) is 0 Å². The molecule has 0 saturated carbocycles. The molecule has 0 spiro atoms. The van der Waals surface area contributed by atoms with Gasteiger partial charge in [-0.1, -0.05) is 0 Å². The van der Waals surface area contributed by atoms with E-state index in [1.807, 2.05) is 10.8 Å². The lowest BCUT2D eigenvalue weighted by Crippen LogP contribution is -1.40. The summed E-state index contributed by atoms with van der Waals surface area (Å²) in [6.45, 7) is 0. The summed E-state index contributed by atoms with van der Waals surface area (Å²) in [5.41, 5.74) is 0. The first-order valence-corrected chi connectivity index (χ1v) is 3.42. The van der Waals surface area contributed by atoms with Crippen LogP contribution in [0.1, 0.15) is 0 Å². The van der Waals surface area contributed by atoms with Crippen LogP contribution in [0.3, 0.4) is 0 Å². The van der Waals surface area contributed by atoms with Crippen LogP contribution in [0.2, 0.25) is 0 Å². The van der Waals surface area contributed by atoms with Gasteiger partial charge in [-0.15, -0.1) is 0 Å². The van der Waals surface area contributed by atoms with E-state index >= 15 is 0 Å². The maximum Gasteiger partial charge on any atom is 0.137 e. The van der Waals surface area contributed by atoms with Crippen LogP contribution in [0.25, 0.3) is 0 Å². The van der Waals surface area contributed by atoms with Crippen LogP contribution in [-0.4, -0.2) is 0 Å². The smallest absolute Gasteiger partial charge is 0.137 e. The molecule has 2 nitrogen and oxygen atoms in total. The monoisotopic (exact) mass is 142 g/mol. The molecule has 0 aromatic rings. The van der Waals surface area contributed by atoms with Gasteiger partial charge >= 0.3 is 0 Å². The van der Waals surface area contributed by atoms with E-state index in [4.69, 9.17) is 10.5 Å². The molecule has 0 amide bonds. The molecule has 0 heterocycles. The van der Waals surface area contributed by atoms with Crippen molar-refractivity contribution in [3.05, 3.63) is 10.8 Å². The lowest BCUT2D eigenvalue weighted by atomic mass is 11.3.